The van der Waals surface area contributed by atoms with E-state index in [2.05, 4.69) is 0 Å². The molecule has 2 rings (SSSR count). The van der Waals surface area contributed by atoms with Gasteiger partial charge in [0.05, 0.1) is 4.90 Å². The fourth-order valence-electron chi connectivity index (χ4n) is 2.61. The normalized spacial score (nSPS) is 26.1. The lowest BCUT2D eigenvalue weighted by Gasteiger charge is -2.37. The molecule has 1 aliphatic rings. The maximum absolute atomic E-state index is 12.6. The molecule has 0 spiro atoms. The standard InChI is InChI=1S/C13H19NO3S/c1-10-4-3-5-11(2)14(10)18(16,17)13-8-6-12(15)7-9-13/h6-11,15H,3-5H2,1-2H3/t10-,11+. The molecule has 0 amide bonds. The molecule has 1 saturated heterocycles. The average molecular weight is 269 g/mol. The Morgan fingerprint density at radius 3 is 2.11 bits per heavy atom. The lowest BCUT2D eigenvalue weighted by Crippen LogP contribution is -2.47. The van der Waals surface area contributed by atoms with Crippen LogP contribution < -0.4 is 0 Å². The molecule has 1 aromatic rings. The molecule has 2 atom stereocenters. The summed E-state index contributed by atoms with van der Waals surface area (Å²) in [7, 11) is -3.45. The largest absolute Gasteiger partial charge is 0.508 e. The number of sulfonamides is 1. The number of phenols is 1. The molecule has 100 valence electrons. The van der Waals surface area contributed by atoms with Gasteiger partial charge in [0.25, 0.3) is 0 Å². The molecule has 1 aromatic carbocycles. The minimum atomic E-state index is -3.45. The summed E-state index contributed by atoms with van der Waals surface area (Å²) in [6.07, 6.45) is 2.88. The van der Waals surface area contributed by atoms with Crippen LogP contribution in [-0.4, -0.2) is 29.9 Å². The van der Waals surface area contributed by atoms with Gasteiger partial charge in [0, 0.05) is 12.1 Å². The van der Waals surface area contributed by atoms with Crippen molar-refractivity contribution >= 4 is 10.0 Å². The molecule has 5 heteroatoms. The van der Waals surface area contributed by atoms with Crippen LogP contribution in [0.5, 0.6) is 5.75 Å². The molecular formula is C13H19NO3S. The summed E-state index contributed by atoms with van der Waals surface area (Å²) < 4.78 is 26.7. The van der Waals surface area contributed by atoms with E-state index in [-0.39, 0.29) is 22.7 Å². The van der Waals surface area contributed by atoms with Crippen molar-refractivity contribution in [3.05, 3.63) is 24.3 Å². The molecule has 0 radical (unpaired) electrons. The van der Waals surface area contributed by atoms with Gasteiger partial charge < -0.3 is 5.11 Å². The first-order valence-corrected chi connectivity index (χ1v) is 7.69. The van der Waals surface area contributed by atoms with E-state index < -0.39 is 10.0 Å². The maximum Gasteiger partial charge on any atom is 0.243 e. The second-order valence-corrected chi connectivity index (χ2v) is 6.80. The zero-order valence-electron chi connectivity index (χ0n) is 10.7. The Kier molecular flexibility index (Phi) is 3.64. The van der Waals surface area contributed by atoms with Crippen LogP contribution in [0.4, 0.5) is 0 Å². The van der Waals surface area contributed by atoms with Crippen LogP contribution in [0.15, 0.2) is 29.2 Å². The fourth-order valence-corrected chi connectivity index (χ4v) is 4.49. The third kappa shape index (κ3) is 2.37. The Morgan fingerprint density at radius 1 is 1.11 bits per heavy atom. The highest BCUT2D eigenvalue weighted by molar-refractivity contribution is 7.89. The molecular weight excluding hydrogens is 250 g/mol. The smallest absolute Gasteiger partial charge is 0.243 e. The van der Waals surface area contributed by atoms with Gasteiger partial charge in [0.1, 0.15) is 5.75 Å². The van der Waals surface area contributed by atoms with Crippen molar-refractivity contribution in [2.75, 3.05) is 0 Å². The molecule has 0 aliphatic carbocycles. The molecule has 0 aromatic heterocycles. The minimum absolute atomic E-state index is 0.0348. The zero-order chi connectivity index (χ0) is 13.3. The van der Waals surface area contributed by atoms with Gasteiger partial charge in [-0.3, -0.25) is 0 Å². The third-order valence-corrected chi connectivity index (χ3v) is 5.67. The van der Waals surface area contributed by atoms with Crippen LogP contribution >= 0.6 is 0 Å². The van der Waals surface area contributed by atoms with Gasteiger partial charge in [-0.25, -0.2) is 8.42 Å². The Balaban J connectivity index is 2.38. The molecule has 0 bridgehead atoms. The maximum atomic E-state index is 12.6. The van der Waals surface area contributed by atoms with Crippen molar-refractivity contribution in [1.82, 2.24) is 4.31 Å². The highest BCUT2D eigenvalue weighted by Crippen LogP contribution is 2.29. The van der Waals surface area contributed by atoms with E-state index in [1.165, 1.54) is 24.3 Å². The van der Waals surface area contributed by atoms with E-state index in [0.29, 0.717) is 0 Å². The van der Waals surface area contributed by atoms with Gasteiger partial charge in [-0.1, -0.05) is 6.42 Å². The summed E-state index contributed by atoms with van der Waals surface area (Å²) in [4.78, 5) is 0.251. The van der Waals surface area contributed by atoms with Crippen LogP contribution in [0.25, 0.3) is 0 Å². The van der Waals surface area contributed by atoms with Crippen molar-refractivity contribution in [2.24, 2.45) is 0 Å². The third-order valence-electron chi connectivity index (χ3n) is 3.52. The number of hydrogen-bond acceptors (Lipinski definition) is 3. The van der Waals surface area contributed by atoms with Gasteiger partial charge in [-0.15, -0.1) is 0 Å². The first-order chi connectivity index (χ1) is 8.43. The highest BCUT2D eigenvalue weighted by Gasteiger charge is 2.35. The molecule has 1 fully saturated rings. The van der Waals surface area contributed by atoms with Crippen LogP contribution in [-0.2, 0) is 10.0 Å². The summed E-state index contributed by atoms with van der Waals surface area (Å²) in [5, 5.41) is 9.23. The number of nitrogens with zero attached hydrogens (tertiary/aromatic N) is 1. The summed E-state index contributed by atoms with van der Waals surface area (Å²) in [6, 6.07) is 5.80. The van der Waals surface area contributed by atoms with Gasteiger partial charge in [-0.2, -0.15) is 4.31 Å². The Bertz CT molecular complexity index is 500. The minimum Gasteiger partial charge on any atom is -0.508 e. The Labute approximate surface area is 108 Å². The summed E-state index contributed by atoms with van der Waals surface area (Å²) in [6.45, 7) is 3.90. The topological polar surface area (TPSA) is 57.6 Å². The summed E-state index contributed by atoms with van der Waals surface area (Å²) >= 11 is 0. The van der Waals surface area contributed by atoms with Crippen LogP contribution in [0, 0.1) is 0 Å². The monoisotopic (exact) mass is 269 g/mol. The van der Waals surface area contributed by atoms with Gasteiger partial charge in [-0.05, 0) is 51.0 Å². The number of hydrogen-bond donors (Lipinski definition) is 1. The van der Waals surface area contributed by atoms with Gasteiger partial charge >= 0.3 is 0 Å². The van der Waals surface area contributed by atoms with E-state index in [1.54, 1.807) is 4.31 Å². The SMILES string of the molecule is C[C@@H]1CCC[C@H](C)N1S(=O)(=O)c1ccc(O)cc1. The molecule has 1 aliphatic heterocycles. The first kappa shape index (κ1) is 13.4. The number of phenolic OH excluding ortho intramolecular Hbond substituents is 1. The predicted molar refractivity (Wildman–Crippen MR) is 69.9 cm³/mol. The first-order valence-electron chi connectivity index (χ1n) is 6.25. The van der Waals surface area contributed by atoms with Gasteiger partial charge in [0.15, 0.2) is 0 Å². The highest BCUT2D eigenvalue weighted by atomic mass is 32.2. The van der Waals surface area contributed by atoms with Gasteiger partial charge in [0.2, 0.25) is 10.0 Å². The Hall–Kier alpha value is -1.07. The second-order valence-electron chi connectivity index (χ2n) is 4.96. The van der Waals surface area contributed by atoms with E-state index in [1.807, 2.05) is 13.8 Å². The predicted octanol–water partition coefficient (Wildman–Crippen LogP) is 2.34. The van der Waals surface area contributed by atoms with Crippen LogP contribution in [0.3, 0.4) is 0 Å². The van der Waals surface area contributed by atoms with Crippen LogP contribution in [0.2, 0.25) is 0 Å². The lowest BCUT2D eigenvalue weighted by atomic mass is 10.0. The van der Waals surface area contributed by atoms with E-state index >= 15 is 0 Å². The Morgan fingerprint density at radius 2 is 1.61 bits per heavy atom. The van der Waals surface area contributed by atoms with Crippen LogP contribution in [0.1, 0.15) is 33.1 Å². The van der Waals surface area contributed by atoms with Crippen molar-refractivity contribution in [3.63, 3.8) is 0 Å². The zero-order valence-corrected chi connectivity index (χ0v) is 11.5. The molecule has 4 nitrogen and oxygen atoms in total. The van der Waals surface area contributed by atoms with Crippen molar-refractivity contribution < 1.29 is 13.5 Å². The molecule has 0 saturated carbocycles. The molecule has 18 heavy (non-hydrogen) atoms. The van der Waals surface area contributed by atoms with Crippen molar-refractivity contribution in [2.45, 2.75) is 50.1 Å². The number of piperidine rings is 1. The fraction of sp³-hybridized carbons (Fsp3) is 0.538. The molecule has 1 heterocycles. The second kappa shape index (κ2) is 4.90. The summed E-state index contributed by atoms with van der Waals surface area (Å²) in [5.74, 6) is 0.0775. The van der Waals surface area contributed by atoms with E-state index in [0.717, 1.165) is 19.3 Å². The average Bonchev–Trinajstić information content (AvgIpc) is 2.29. The number of benzene rings is 1. The van der Waals surface area contributed by atoms with E-state index in [4.69, 9.17) is 0 Å². The van der Waals surface area contributed by atoms with E-state index in [9.17, 15) is 13.5 Å². The van der Waals surface area contributed by atoms with Crippen molar-refractivity contribution in [1.29, 1.82) is 0 Å². The van der Waals surface area contributed by atoms with Crippen molar-refractivity contribution in [3.8, 4) is 5.75 Å². The lowest BCUT2D eigenvalue weighted by molar-refractivity contribution is 0.204. The molecule has 1 N–H and O–H groups in total. The quantitative estimate of drug-likeness (QED) is 0.896. The molecule has 0 unspecified atom stereocenters. The summed E-state index contributed by atoms with van der Waals surface area (Å²) in [5.41, 5.74) is 0. The number of aromatic hydroxyl groups is 1. The number of rotatable bonds is 2.